The van der Waals surface area contributed by atoms with E-state index in [4.69, 9.17) is 25.8 Å². The first-order valence-electron chi connectivity index (χ1n) is 8.15. The topological polar surface area (TPSA) is 57.7 Å². The van der Waals surface area contributed by atoms with E-state index in [1.165, 1.54) is 27.4 Å². The molecule has 0 radical (unpaired) electrons. The number of carbonyl (C=O) groups excluding carboxylic acids is 1. The number of hydrogen-bond donors (Lipinski definition) is 0. The monoisotopic (exact) mass is 383 g/mol. The molecule has 3 rings (SSSR count). The van der Waals surface area contributed by atoms with E-state index in [1.54, 1.807) is 18.2 Å². The van der Waals surface area contributed by atoms with Crippen LogP contribution >= 0.6 is 11.6 Å². The van der Waals surface area contributed by atoms with E-state index in [-0.39, 0.29) is 5.78 Å². The number of allylic oxidation sites excluding steroid dienone is 1. The molecule has 0 unspecified atom stereocenters. The number of rotatable bonds is 6. The standard InChI is InChI=1S/C21H18ClNO4/c1-25-18-11-9-15(19(26-2)20(18)27-3)17(24)10-8-14-12-13-6-4-5-7-16(13)23-21(14)22/h4-12H,1-3H3. The molecule has 0 amide bonds. The molecule has 0 saturated carbocycles. The summed E-state index contributed by atoms with van der Waals surface area (Å²) in [5, 5.41) is 1.27. The van der Waals surface area contributed by atoms with Crippen LogP contribution in [0.2, 0.25) is 5.15 Å². The van der Waals surface area contributed by atoms with Crippen molar-refractivity contribution in [3.63, 3.8) is 0 Å². The molecule has 0 N–H and O–H groups in total. The van der Waals surface area contributed by atoms with Gasteiger partial charge in [0, 0.05) is 10.9 Å². The number of para-hydroxylation sites is 1. The van der Waals surface area contributed by atoms with Crippen LogP contribution in [0.5, 0.6) is 17.2 Å². The van der Waals surface area contributed by atoms with Crippen molar-refractivity contribution in [2.75, 3.05) is 21.3 Å². The van der Waals surface area contributed by atoms with Gasteiger partial charge in [-0.25, -0.2) is 4.98 Å². The van der Waals surface area contributed by atoms with Crippen molar-refractivity contribution in [3.8, 4) is 17.2 Å². The maximum atomic E-state index is 12.7. The van der Waals surface area contributed by atoms with Crippen LogP contribution in [0.25, 0.3) is 17.0 Å². The number of nitrogens with zero attached hydrogens (tertiary/aromatic N) is 1. The molecule has 2 aromatic carbocycles. The third-order valence-electron chi connectivity index (χ3n) is 4.09. The van der Waals surface area contributed by atoms with Gasteiger partial charge in [-0.2, -0.15) is 0 Å². The number of fused-ring (bicyclic) bond motifs is 1. The molecule has 0 aliphatic heterocycles. The van der Waals surface area contributed by atoms with Crippen molar-refractivity contribution in [2.24, 2.45) is 0 Å². The Morgan fingerprint density at radius 3 is 2.44 bits per heavy atom. The van der Waals surface area contributed by atoms with Crippen LogP contribution in [-0.2, 0) is 0 Å². The highest BCUT2D eigenvalue weighted by Crippen LogP contribution is 2.40. The molecule has 138 valence electrons. The van der Waals surface area contributed by atoms with Gasteiger partial charge >= 0.3 is 0 Å². The largest absolute Gasteiger partial charge is 0.493 e. The van der Waals surface area contributed by atoms with Crippen molar-refractivity contribution >= 4 is 34.4 Å². The summed E-state index contributed by atoms with van der Waals surface area (Å²) in [4.78, 5) is 17.1. The first kappa shape index (κ1) is 18.7. The molecule has 0 aliphatic rings. The molecule has 1 heterocycles. The zero-order chi connectivity index (χ0) is 19.4. The van der Waals surface area contributed by atoms with E-state index >= 15 is 0 Å². The van der Waals surface area contributed by atoms with Gasteiger partial charge in [-0.15, -0.1) is 0 Å². The highest BCUT2D eigenvalue weighted by atomic mass is 35.5. The van der Waals surface area contributed by atoms with Crippen LogP contribution in [-0.4, -0.2) is 32.1 Å². The molecule has 5 nitrogen and oxygen atoms in total. The van der Waals surface area contributed by atoms with Crippen molar-refractivity contribution in [1.82, 2.24) is 4.98 Å². The molecule has 3 aromatic rings. The Bertz CT molecular complexity index is 1030. The van der Waals surface area contributed by atoms with Crippen molar-refractivity contribution < 1.29 is 19.0 Å². The lowest BCUT2D eigenvalue weighted by molar-refractivity contribution is 0.104. The summed E-state index contributed by atoms with van der Waals surface area (Å²) in [6, 6.07) is 12.8. The first-order chi connectivity index (χ1) is 13.1. The Kier molecular flexibility index (Phi) is 5.62. The summed E-state index contributed by atoms with van der Waals surface area (Å²) >= 11 is 6.24. The molecule has 0 atom stereocenters. The van der Waals surface area contributed by atoms with Gasteiger partial charge in [-0.1, -0.05) is 29.8 Å². The van der Waals surface area contributed by atoms with Crippen LogP contribution < -0.4 is 14.2 Å². The lowest BCUT2D eigenvalue weighted by Crippen LogP contribution is -2.03. The quantitative estimate of drug-likeness (QED) is 0.347. The number of aromatic nitrogens is 1. The zero-order valence-corrected chi connectivity index (χ0v) is 15.9. The molecule has 0 bridgehead atoms. The van der Waals surface area contributed by atoms with Crippen LogP contribution in [0.3, 0.4) is 0 Å². The van der Waals surface area contributed by atoms with Crippen molar-refractivity contribution in [3.05, 3.63) is 64.8 Å². The Morgan fingerprint density at radius 2 is 1.74 bits per heavy atom. The third kappa shape index (κ3) is 3.73. The number of methoxy groups -OCH3 is 3. The number of ketones is 1. The van der Waals surface area contributed by atoms with E-state index in [1.807, 2.05) is 30.3 Å². The van der Waals surface area contributed by atoms with Crippen molar-refractivity contribution in [2.45, 2.75) is 0 Å². The second-order valence-corrected chi connectivity index (χ2v) is 6.00. The highest BCUT2D eigenvalue weighted by molar-refractivity contribution is 6.31. The molecule has 1 aromatic heterocycles. The van der Waals surface area contributed by atoms with Gasteiger partial charge in [0.25, 0.3) is 0 Å². The second kappa shape index (κ2) is 8.10. The van der Waals surface area contributed by atoms with Gasteiger partial charge in [-0.3, -0.25) is 4.79 Å². The maximum absolute atomic E-state index is 12.7. The predicted molar refractivity (Wildman–Crippen MR) is 106 cm³/mol. The number of pyridine rings is 1. The minimum atomic E-state index is -0.253. The minimum absolute atomic E-state index is 0.253. The lowest BCUT2D eigenvalue weighted by atomic mass is 10.1. The van der Waals surface area contributed by atoms with Gasteiger partial charge in [0.2, 0.25) is 5.75 Å². The molecule has 27 heavy (non-hydrogen) atoms. The lowest BCUT2D eigenvalue weighted by Gasteiger charge is -2.14. The SMILES string of the molecule is COc1ccc(C(=O)C=Cc2cc3ccccc3nc2Cl)c(OC)c1OC. The number of halogens is 1. The Balaban J connectivity index is 1.97. The van der Waals surface area contributed by atoms with E-state index in [0.29, 0.717) is 33.5 Å². The fraction of sp³-hybridized carbons (Fsp3) is 0.143. The molecule has 0 saturated heterocycles. The van der Waals surface area contributed by atoms with E-state index in [2.05, 4.69) is 4.98 Å². The fourth-order valence-electron chi connectivity index (χ4n) is 2.78. The van der Waals surface area contributed by atoms with Crippen LogP contribution in [0, 0.1) is 0 Å². The molecular weight excluding hydrogens is 366 g/mol. The van der Waals surface area contributed by atoms with Crippen LogP contribution in [0.1, 0.15) is 15.9 Å². The zero-order valence-electron chi connectivity index (χ0n) is 15.2. The van der Waals surface area contributed by atoms with Crippen LogP contribution in [0.4, 0.5) is 0 Å². The average Bonchev–Trinajstić information content (AvgIpc) is 2.70. The summed E-state index contributed by atoms with van der Waals surface area (Å²) in [7, 11) is 4.49. The highest BCUT2D eigenvalue weighted by Gasteiger charge is 2.19. The molecular formula is C21H18ClNO4. The smallest absolute Gasteiger partial charge is 0.204 e. The van der Waals surface area contributed by atoms with E-state index in [9.17, 15) is 4.79 Å². The molecule has 6 heteroatoms. The molecule has 0 fully saturated rings. The molecule has 0 spiro atoms. The number of ether oxygens (including phenoxy) is 3. The maximum Gasteiger partial charge on any atom is 0.204 e. The summed E-state index contributed by atoms with van der Waals surface area (Å²) in [5.41, 5.74) is 1.81. The normalized spacial score (nSPS) is 11.0. The van der Waals surface area contributed by atoms with Gasteiger partial charge in [0.15, 0.2) is 17.3 Å². The van der Waals surface area contributed by atoms with Gasteiger partial charge in [0.05, 0.1) is 32.4 Å². The Labute approximate surface area is 162 Å². The molecule has 0 aliphatic carbocycles. The number of carbonyl (C=O) groups is 1. The van der Waals surface area contributed by atoms with Crippen LogP contribution in [0.15, 0.2) is 48.5 Å². The van der Waals surface area contributed by atoms with Gasteiger partial charge < -0.3 is 14.2 Å². The second-order valence-electron chi connectivity index (χ2n) is 5.64. The summed E-state index contributed by atoms with van der Waals surface area (Å²) in [5.74, 6) is 0.910. The summed E-state index contributed by atoms with van der Waals surface area (Å²) < 4.78 is 15.9. The Morgan fingerprint density at radius 1 is 1.00 bits per heavy atom. The third-order valence-corrected chi connectivity index (χ3v) is 4.39. The summed E-state index contributed by atoms with van der Waals surface area (Å²) in [6.07, 6.45) is 3.07. The van der Waals surface area contributed by atoms with E-state index in [0.717, 1.165) is 10.9 Å². The first-order valence-corrected chi connectivity index (χ1v) is 8.53. The average molecular weight is 384 g/mol. The van der Waals surface area contributed by atoms with Gasteiger partial charge in [0.1, 0.15) is 5.15 Å². The predicted octanol–water partition coefficient (Wildman–Crippen LogP) is 4.81. The van der Waals surface area contributed by atoms with Gasteiger partial charge in [-0.05, 0) is 36.4 Å². The Hall–Kier alpha value is -3.05. The number of benzene rings is 2. The minimum Gasteiger partial charge on any atom is -0.493 e. The van der Waals surface area contributed by atoms with Crippen molar-refractivity contribution in [1.29, 1.82) is 0 Å². The fourth-order valence-corrected chi connectivity index (χ4v) is 2.98. The van der Waals surface area contributed by atoms with E-state index < -0.39 is 0 Å². The number of hydrogen-bond acceptors (Lipinski definition) is 5. The summed E-state index contributed by atoms with van der Waals surface area (Å²) in [6.45, 7) is 0.